The summed E-state index contributed by atoms with van der Waals surface area (Å²) in [6.07, 6.45) is 4.33. The molecule has 12 rings (SSSR count). The van der Waals surface area contributed by atoms with Crippen LogP contribution in [0.3, 0.4) is 0 Å². The zero-order chi connectivity index (χ0) is 37.0. The lowest BCUT2D eigenvalue weighted by Crippen LogP contribution is -2.14. The molecule has 2 nitrogen and oxygen atoms in total. The first-order chi connectivity index (χ1) is 27.8. The average molecular weight is 715 g/mol. The van der Waals surface area contributed by atoms with E-state index in [1.54, 1.807) is 0 Å². The maximum absolute atomic E-state index is 5.32. The number of aromatic nitrogens is 2. The molecule has 2 aromatic heterocycles. The molecule has 2 aliphatic carbocycles. The zero-order valence-electron chi connectivity index (χ0n) is 31.0. The minimum atomic E-state index is 1.07. The molecule has 0 saturated carbocycles. The fourth-order valence-corrected chi connectivity index (χ4v) is 9.34. The Hall–Kier alpha value is -6.90. The van der Waals surface area contributed by atoms with Crippen LogP contribution in [0, 0.1) is 0 Å². The zero-order valence-corrected chi connectivity index (χ0v) is 31.0. The number of hydrogen-bond acceptors (Lipinski definition) is 2. The third-order valence-electron chi connectivity index (χ3n) is 11.9. The van der Waals surface area contributed by atoms with E-state index in [2.05, 4.69) is 182 Å². The number of rotatable bonds is 2. The molecule has 0 spiro atoms. The third kappa shape index (κ3) is 5.33. The quantitative estimate of drug-likeness (QED) is 0.132. The van der Waals surface area contributed by atoms with Gasteiger partial charge in [0.25, 0.3) is 0 Å². The van der Waals surface area contributed by atoms with Crippen molar-refractivity contribution in [2.75, 3.05) is 0 Å². The van der Waals surface area contributed by atoms with Gasteiger partial charge in [-0.05, 0) is 75.4 Å². The summed E-state index contributed by atoms with van der Waals surface area (Å²) in [6.45, 7) is 0. The van der Waals surface area contributed by atoms with Crippen LogP contribution in [-0.4, -0.2) is 9.97 Å². The Morgan fingerprint density at radius 2 is 0.732 bits per heavy atom. The summed E-state index contributed by atoms with van der Waals surface area (Å²) in [5.74, 6) is 0. The van der Waals surface area contributed by atoms with E-state index < -0.39 is 0 Å². The average Bonchev–Trinajstić information content (AvgIpc) is 3.28. The van der Waals surface area contributed by atoms with Gasteiger partial charge in [0.15, 0.2) is 0 Å². The number of pyridine rings is 2. The molecule has 0 fully saturated rings. The summed E-state index contributed by atoms with van der Waals surface area (Å²) in [7, 11) is 0. The van der Waals surface area contributed by atoms with Crippen molar-refractivity contribution >= 4 is 43.4 Å². The van der Waals surface area contributed by atoms with E-state index in [4.69, 9.17) is 9.97 Å². The molecule has 10 aromatic rings. The Labute approximate surface area is 326 Å². The van der Waals surface area contributed by atoms with E-state index in [0.29, 0.717) is 0 Å². The Bertz CT molecular complexity index is 2960. The molecule has 2 heteroatoms. The number of benzene rings is 8. The molecular formula is C54H38N2. The van der Waals surface area contributed by atoms with Gasteiger partial charge < -0.3 is 0 Å². The van der Waals surface area contributed by atoms with Crippen molar-refractivity contribution in [3.8, 4) is 44.8 Å². The lowest BCUT2D eigenvalue weighted by molar-refractivity contribution is 0.892. The first kappa shape index (κ1) is 32.5. The maximum atomic E-state index is 5.32. The summed E-state index contributed by atoms with van der Waals surface area (Å²) >= 11 is 0. The van der Waals surface area contributed by atoms with E-state index in [-0.39, 0.29) is 0 Å². The lowest BCUT2D eigenvalue weighted by atomic mass is 9.78. The fourth-order valence-electron chi connectivity index (χ4n) is 9.34. The second kappa shape index (κ2) is 13.4. The van der Waals surface area contributed by atoms with Gasteiger partial charge in [0, 0.05) is 38.2 Å². The van der Waals surface area contributed by atoms with E-state index in [0.717, 1.165) is 36.7 Å². The van der Waals surface area contributed by atoms with Gasteiger partial charge in [-0.1, -0.05) is 182 Å². The SMILES string of the molecule is c1ccc(-c2c3c(nc4c2CCc2ccccc2-4)-c2ccccc2CC3)cc1.c1ccc(-c2c3ccc4ccccc4c3nc3c2ccc2ccccc23)cc1. The van der Waals surface area contributed by atoms with Gasteiger partial charge >= 0.3 is 0 Å². The first-order valence-corrected chi connectivity index (χ1v) is 19.8. The van der Waals surface area contributed by atoms with Gasteiger partial charge in [0.05, 0.1) is 22.4 Å². The molecule has 0 saturated heterocycles. The van der Waals surface area contributed by atoms with E-state index in [1.165, 1.54) is 99.3 Å². The number of fused-ring (bicyclic) bond motifs is 12. The van der Waals surface area contributed by atoms with Crippen LogP contribution in [0.4, 0.5) is 0 Å². The lowest BCUT2D eigenvalue weighted by Gasteiger charge is -2.29. The molecule has 2 heterocycles. The molecule has 0 radical (unpaired) electrons. The highest BCUT2D eigenvalue weighted by molar-refractivity contribution is 6.21. The van der Waals surface area contributed by atoms with Crippen molar-refractivity contribution in [2.24, 2.45) is 0 Å². The van der Waals surface area contributed by atoms with Gasteiger partial charge in [0.1, 0.15) is 0 Å². The summed E-state index contributed by atoms with van der Waals surface area (Å²) in [5, 5.41) is 7.25. The van der Waals surface area contributed by atoms with Crippen LogP contribution in [0.25, 0.3) is 88.1 Å². The molecule has 2 aliphatic rings. The van der Waals surface area contributed by atoms with Gasteiger partial charge in [-0.15, -0.1) is 0 Å². The van der Waals surface area contributed by atoms with E-state index >= 15 is 0 Å². The van der Waals surface area contributed by atoms with Gasteiger partial charge in [-0.3, -0.25) is 0 Å². The number of aryl methyl sites for hydroxylation is 2. The Kier molecular flexibility index (Phi) is 7.81. The summed E-state index contributed by atoms with van der Waals surface area (Å²) in [5.41, 5.74) is 18.1. The van der Waals surface area contributed by atoms with Crippen LogP contribution in [0.2, 0.25) is 0 Å². The highest BCUT2D eigenvalue weighted by atomic mass is 14.7. The molecule has 0 atom stereocenters. The monoisotopic (exact) mass is 714 g/mol. The molecule has 8 aromatic carbocycles. The van der Waals surface area contributed by atoms with Crippen LogP contribution < -0.4 is 0 Å². The second-order valence-corrected chi connectivity index (χ2v) is 15.0. The molecule has 0 amide bonds. The minimum absolute atomic E-state index is 1.07. The second-order valence-electron chi connectivity index (χ2n) is 15.0. The normalized spacial score (nSPS) is 12.7. The summed E-state index contributed by atoms with van der Waals surface area (Å²) in [4.78, 5) is 10.5. The molecular weight excluding hydrogens is 677 g/mol. The predicted octanol–water partition coefficient (Wildman–Crippen LogP) is 13.6. The molecule has 264 valence electrons. The Morgan fingerprint density at radius 1 is 0.304 bits per heavy atom. The van der Waals surface area contributed by atoms with Crippen molar-refractivity contribution in [2.45, 2.75) is 25.7 Å². The van der Waals surface area contributed by atoms with Crippen molar-refractivity contribution < 1.29 is 0 Å². The Balaban J connectivity index is 0.000000130. The highest BCUT2D eigenvalue weighted by Crippen LogP contribution is 2.46. The predicted molar refractivity (Wildman–Crippen MR) is 235 cm³/mol. The van der Waals surface area contributed by atoms with Gasteiger partial charge in [-0.25, -0.2) is 9.97 Å². The summed E-state index contributed by atoms with van der Waals surface area (Å²) in [6, 6.07) is 65.1. The smallest absolute Gasteiger partial charge is 0.0794 e. The number of hydrogen-bond donors (Lipinski definition) is 0. The van der Waals surface area contributed by atoms with Crippen molar-refractivity contribution in [1.82, 2.24) is 9.97 Å². The van der Waals surface area contributed by atoms with Crippen LogP contribution in [0.15, 0.2) is 182 Å². The largest absolute Gasteiger partial charge is 0.247 e. The van der Waals surface area contributed by atoms with Crippen molar-refractivity contribution in [3.63, 3.8) is 0 Å². The van der Waals surface area contributed by atoms with E-state index in [9.17, 15) is 0 Å². The Morgan fingerprint density at radius 3 is 1.25 bits per heavy atom. The fraction of sp³-hybridized carbons (Fsp3) is 0.0741. The first-order valence-electron chi connectivity index (χ1n) is 19.8. The molecule has 56 heavy (non-hydrogen) atoms. The molecule has 0 aliphatic heterocycles. The molecule has 0 unspecified atom stereocenters. The highest BCUT2D eigenvalue weighted by Gasteiger charge is 2.28. The van der Waals surface area contributed by atoms with E-state index in [1.807, 2.05) is 0 Å². The summed E-state index contributed by atoms with van der Waals surface area (Å²) < 4.78 is 0. The van der Waals surface area contributed by atoms with Crippen LogP contribution in [0.1, 0.15) is 22.3 Å². The van der Waals surface area contributed by atoms with Crippen LogP contribution in [-0.2, 0) is 25.7 Å². The van der Waals surface area contributed by atoms with Gasteiger partial charge in [0.2, 0.25) is 0 Å². The molecule has 0 N–H and O–H groups in total. The topological polar surface area (TPSA) is 25.8 Å². The van der Waals surface area contributed by atoms with Gasteiger partial charge in [-0.2, -0.15) is 0 Å². The maximum Gasteiger partial charge on any atom is 0.0794 e. The molecule has 0 bridgehead atoms. The van der Waals surface area contributed by atoms with Crippen molar-refractivity contribution in [3.05, 3.63) is 204 Å². The van der Waals surface area contributed by atoms with Crippen LogP contribution in [0.5, 0.6) is 0 Å². The number of nitrogens with zero attached hydrogens (tertiary/aromatic N) is 2. The third-order valence-corrected chi connectivity index (χ3v) is 11.9. The van der Waals surface area contributed by atoms with Crippen molar-refractivity contribution in [1.29, 1.82) is 0 Å². The standard InChI is InChI=1S/C27H21N.C27H17N/c2*1-2-10-20(11-3-1)25-23-16-14-18-8-4-6-12-21(18)26(23)28-27-22-13-7-5-9-19(22)15-17-24(25)27/h1-13H,14-17H2;1-17H. The minimum Gasteiger partial charge on any atom is -0.247 e. The van der Waals surface area contributed by atoms with Crippen LogP contribution >= 0.6 is 0 Å².